The van der Waals surface area contributed by atoms with Gasteiger partial charge in [0, 0.05) is 29.5 Å². The van der Waals surface area contributed by atoms with Crippen molar-refractivity contribution in [2.75, 3.05) is 19.5 Å². The summed E-state index contributed by atoms with van der Waals surface area (Å²) in [5.41, 5.74) is 0.992. The van der Waals surface area contributed by atoms with E-state index in [1.807, 2.05) is 0 Å². The zero-order chi connectivity index (χ0) is 17.5. The lowest BCUT2D eigenvalue weighted by Crippen LogP contribution is -2.14. The van der Waals surface area contributed by atoms with Gasteiger partial charge in [0.05, 0.1) is 19.9 Å². The van der Waals surface area contributed by atoms with Crippen molar-refractivity contribution in [3.05, 3.63) is 53.1 Å². The summed E-state index contributed by atoms with van der Waals surface area (Å²) in [4.78, 5) is 24.2. The van der Waals surface area contributed by atoms with Crippen molar-refractivity contribution in [1.29, 1.82) is 0 Å². The quantitative estimate of drug-likeness (QED) is 0.770. The fourth-order valence-electron chi connectivity index (χ4n) is 2.16. The molecule has 0 saturated carbocycles. The summed E-state index contributed by atoms with van der Waals surface area (Å²) in [5.74, 6) is 0.702. The number of Topliss-reactive ketones (excluding diaryl/α,β-unsaturated/α-hetero) is 1. The molecule has 0 bridgehead atoms. The minimum atomic E-state index is -0.281. The van der Waals surface area contributed by atoms with Gasteiger partial charge >= 0.3 is 0 Å². The molecule has 0 saturated heterocycles. The summed E-state index contributed by atoms with van der Waals surface area (Å²) in [6, 6.07) is 11.8. The first-order valence-electron chi connectivity index (χ1n) is 7.34. The van der Waals surface area contributed by atoms with Crippen LogP contribution in [0.25, 0.3) is 0 Å². The summed E-state index contributed by atoms with van der Waals surface area (Å²) >= 11 is 5.86. The molecule has 24 heavy (non-hydrogen) atoms. The van der Waals surface area contributed by atoms with E-state index in [1.54, 1.807) is 42.5 Å². The smallest absolute Gasteiger partial charge is 0.224 e. The zero-order valence-corrected chi connectivity index (χ0v) is 14.2. The maximum Gasteiger partial charge on any atom is 0.224 e. The Kier molecular flexibility index (Phi) is 6.21. The zero-order valence-electron chi connectivity index (χ0n) is 13.5. The Balaban J connectivity index is 1.97. The van der Waals surface area contributed by atoms with E-state index in [1.165, 1.54) is 14.2 Å². The molecule has 0 heterocycles. The molecule has 0 aliphatic rings. The van der Waals surface area contributed by atoms with Gasteiger partial charge in [0.15, 0.2) is 5.78 Å². The second-order valence-corrected chi connectivity index (χ2v) is 5.48. The fourth-order valence-corrected chi connectivity index (χ4v) is 2.35. The predicted octanol–water partition coefficient (Wildman–Crippen LogP) is 3.96. The third-order valence-corrected chi connectivity index (χ3v) is 3.64. The number of carbonyl (C=O) groups is 2. The highest BCUT2D eigenvalue weighted by Gasteiger charge is 2.12. The van der Waals surface area contributed by atoms with Crippen molar-refractivity contribution >= 4 is 29.0 Å². The molecule has 0 fully saturated rings. The number of carbonyl (C=O) groups excluding carboxylic acids is 2. The standard InChI is InChI=1S/C18H18ClNO4/c1-23-14-6-8-17(24-2)15(11-14)20-18(22)9-7-16(21)12-4-3-5-13(19)10-12/h3-6,8,10-11H,7,9H2,1-2H3,(H,20,22). The highest BCUT2D eigenvalue weighted by atomic mass is 35.5. The fraction of sp³-hybridized carbons (Fsp3) is 0.222. The van der Waals surface area contributed by atoms with Crippen molar-refractivity contribution in [2.24, 2.45) is 0 Å². The molecule has 2 aromatic carbocycles. The Morgan fingerprint density at radius 3 is 2.50 bits per heavy atom. The Hall–Kier alpha value is -2.53. The number of methoxy groups -OCH3 is 2. The van der Waals surface area contributed by atoms with E-state index >= 15 is 0 Å². The summed E-state index contributed by atoms with van der Waals surface area (Å²) < 4.78 is 10.3. The number of benzene rings is 2. The van der Waals surface area contributed by atoms with Crippen LogP contribution in [0.4, 0.5) is 5.69 Å². The molecular weight excluding hydrogens is 330 g/mol. The second-order valence-electron chi connectivity index (χ2n) is 5.05. The van der Waals surface area contributed by atoms with Crippen LogP contribution in [-0.2, 0) is 4.79 Å². The van der Waals surface area contributed by atoms with Gasteiger partial charge in [0.1, 0.15) is 11.5 Å². The molecule has 0 aromatic heterocycles. The van der Waals surface area contributed by atoms with Crippen LogP contribution in [0, 0.1) is 0 Å². The van der Waals surface area contributed by atoms with Crippen LogP contribution in [0.1, 0.15) is 23.2 Å². The van der Waals surface area contributed by atoms with E-state index < -0.39 is 0 Å². The number of rotatable bonds is 7. The van der Waals surface area contributed by atoms with E-state index in [0.29, 0.717) is 27.8 Å². The molecule has 1 N–H and O–H groups in total. The van der Waals surface area contributed by atoms with Crippen LogP contribution in [0.5, 0.6) is 11.5 Å². The number of amides is 1. The Morgan fingerprint density at radius 1 is 1.04 bits per heavy atom. The van der Waals surface area contributed by atoms with Gasteiger partial charge in [-0.2, -0.15) is 0 Å². The van der Waals surface area contributed by atoms with Crippen LogP contribution in [0.3, 0.4) is 0 Å². The predicted molar refractivity (Wildman–Crippen MR) is 93.2 cm³/mol. The molecule has 2 aromatic rings. The van der Waals surface area contributed by atoms with Crippen LogP contribution in [0.15, 0.2) is 42.5 Å². The van der Waals surface area contributed by atoms with E-state index in [0.717, 1.165) is 0 Å². The average Bonchev–Trinajstić information content (AvgIpc) is 2.59. The lowest BCUT2D eigenvalue weighted by Gasteiger charge is -2.11. The summed E-state index contributed by atoms with van der Waals surface area (Å²) in [7, 11) is 3.05. The van der Waals surface area contributed by atoms with Crippen molar-refractivity contribution in [3.8, 4) is 11.5 Å². The van der Waals surface area contributed by atoms with Crippen molar-refractivity contribution in [1.82, 2.24) is 0 Å². The van der Waals surface area contributed by atoms with Gasteiger partial charge in [0.2, 0.25) is 5.91 Å². The van der Waals surface area contributed by atoms with Crippen molar-refractivity contribution < 1.29 is 19.1 Å². The van der Waals surface area contributed by atoms with Gasteiger partial charge in [-0.3, -0.25) is 9.59 Å². The minimum Gasteiger partial charge on any atom is -0.497 e. The SMILES string of the molecule is COc1ccc(OC)c(NC(=O)CCC(=O)c2cccc(Cl)c2)c1. The van der Waals surface area contributed by atoms with Gasteiger partial charge in [0.25, 0.3) is 0 Å². The molecule has 0 unspecified atom stereocenters. The monoisotopic (exact) mass is 347 g/mol. The molecule has 0 atom stereocenters. The third-order valence-electron chi connectivity index (χ3n) is 3.41. The number of ketones is 1. The van der Waals surface area contributed by atoms with E-state index in [2.05, 4.69) is 5.32 Å². The molecule has 0 aliphatic carbocycles. The van der Waals surface area contributed by atoms with Gasteiger partial charge in [-0.1, -0.05) is 23.7 Å². The molecule has 2 rings (SSSR count). The van der Waals surface area contributed by atoms with E-state index in [-0.39, 0.29) is 24.5 Å². The highest BCUT2D eigenvalue weighted by molar-refractivity contribution is 6.31. The first-order chi connectivity index (χ1) is 11.5. The Morgan fingerprint density at radius 2 is 1.83 bits per heavy atom. The largest absolute Gasteiger partial charge is 0.497 e. The maximum atomic E-state index is 12.1. The van der Waals surface area contributed by atoms with Crippen LogP contribution in [-0.4, -0.2) is 25.9 Å². The van der Waals surface area contributed by atoms with E-state index in [4.69, 9.17) is 21.1 Å². The Bertz CT molecular complexity index is 746. The lowest BCUT2D eigenvalue weighted by atomic mass is 10.1. The van der Waals surface area contributed by atoms with Crippen LogP contribution in [0.2, 0.25) is 5.02 Å². The molecule has 0 spiro atoms. The van der Waals surface area contributed by atoms with Gasteiger partial charge < -0.3 is 14.8 Å². The molecule has 0 radical (unpaired) electrons. The van der Waals surface area contributed by atoms with Crippen LogP contribution >= 0.6 is 11.6 Å². The first kappa shape index (κ1) is 17.8. The molecule has 5 nitrogen and oxygen atoms in total. The minimum absolute atomic E-state index is 0.0612. The molecule has 1 amide bonds. The number of halogens is 1. The first-order valence-corrected chi connectivity index (χ1v) is 7.72. The third kappa shape index (κ3) is 4.73. The summed E-state index contributed by atoms with van der Waals surface area (Å²) in [6.45, 7) is 0. The molecule has 126 valence electrons. The summed E-state index contributed by atoms with van der Waals surface area (Å²) in [5, 5.41) is 3.22. The number of ether oxygens (including phenoxy) is 2. The molecule has 6 heteroatoms. The number of hydrogen-bond acceptors (Lipinski definition) is 4. The topological polar surface area (TPSA) is 64.6 Å². The number of hydrogen-bond donors (Lipinski definition) is 1. The lowest BCUT2D eigenvalue weighted by molar-refractivity contribution is -0.116. The van der Waals surface area contributed by atoms with Gasteiger partial charge in [-0.15, -0.1) is 0 Å². The summed E-state index contributed by atoms with van der Waals surface area (Å²) in [6.07, 6.45) is 0.157. The van der Waals surface area contributed by atoms with E-state index in [9.17, 15) is 9.59 Å². The average molecular weight is 348 g/mol. The van der Waals surface area contributed by atoms with Crippen LogP contribution < -0.4 is 14.8 Å². The number of anilines is 1. The Labute approximate surface area is 145 Å². The van der Waals surface area contributed by atoms with Crippen molar-refractivity contribution in [2.45, 2.75) is 12.8 Å². The highest BCUT2D eigenvalue weighted by Crippen LogP contribution is 2.29. The van der Waals surface area contributed by atoms with Gasteiger partial charge in [-0.25, -0.2) is 0 Å². The molecule has 0 aliphatic heterocycles. The molecular formula is C18H18ClNO4. The van der Waals surface area contributed by atoms with Crippen molar-refractivity contribution in [3.63, 3.8) is 0 Å². The number of nitrogens with one attached hydrogen (secondary N) is 1. The van der Waals surface area contributed by atoms with Gasteiger partial charge in [-0.05, 0) is 24.3 Å². The maximum absolute atomic E-state index is 12.1. The second kappa shape index (κ2) is 8.36. The normalized spacial score (nSPS) is 10.1.